The maximum absolute atomic E-state index is 13.6. The summed E-state index contributed by atoms with van der Waals surface area (Å²) in [6.45, 7) is 5.86. The molecule has 0 radical (unpaired) electrons. The van der Waals surface area contributed by atoms with E-state index in [1.165, 1.54) is 9.80 Å². The second kappa shape index (κ2) is 34.6. The Balaban J connectivity index is 1.12. The van der Waals surface area contributed by atoms with E-state index in [1.54, 1.807) is 27.7 Å². The van der Waals surface area contributed by atoms with E-state index in [9.17, 15) is 73.8 Å². The maximum atomic E-state index is 13.6. The Morgan fingerprint density at radius 3 is 1.47 bits per heavy atom. The zero-order chi connectivity index (χ0) is 57.6. The number of Topliss-reactive ketones (excluding diaryl/α,β-unsaturated/α-hetero) is 2. The zero-order valence-electron chi connectivity index (χ0n) is 46.3. The third-order valence-electron chi connectivity index (χ3n) is 15.1. The van der Waals surface area contributed by atoms with Crippen LogP contribution in [-0.4, -0.2) is 211 Å². The van der Waals surface area contributed by atoms with E-state index in [0.29, 0.717) is 103 Å². The quantitative estimate of drug-likeness (QED) is 0.0316. The molecule has 4 aliphatic rings. The van der Waals surface area contributed by atoms with Crippen LogP contribution >= 0.6 is 15.4 Å². The first-order valence-corrected chi connectivity index (χ1v) is 31.7. The number of hydrogen-bond donors (Lipinski definition) is 9. The van der Waals surface area contributed by atoms with Gasteiger partial charge in [-0.3, -0.25) is 32.8 Å². The molecule has 4 saturated heterocycles. The van der Waals surface area contributed by atoms with E-state index in [4.69, 9.17) is 32.5 Å². The van der Waals surface area contributed by atoms with Gasteiger partial charge < -0.3 is 78.8 Å². The van der Waals surface area contributed by atoms with Gasteiger partial charge in [-0.05, 0) is 84.5 Å². The summed E-state index contributed by atoms with van der Waals surface area (Å²) in [6, 6.07) is -1.30. The molecule has 0 aromatic carbocycles. The second-order valence-electron chi connectivity index (χ2n) is 22.0. The molecule has 0 aliphatic carbocycles. The van der Waals surface area contributed by atoms with Crippen LogP contribution < -0.4 is 0 Å². The number of phosphoric acid groups is 1. The lowest BCUT2D eigenvalue weighted by molar-refractivity contribution is -0.282. The van der Waals surface area contributed by atoms with Gasteiger partial charge >= 0.3 is 15.4 Å². The van der Waals surface area contributed by atoms with Crippen molar-refractivity contribution in [3.8, 4) is 0 Å². The van der Waals surface area contributed by atoms with Crippen molar-refractivity contribution in [2.45, 2.75) is 242 Å². The van der Waals surface area contributed by atoms with Crippen LogP contribution in [0.25, 0.3) is 0 Å². The molecular formula is C52H94N2O22P2. The molecule has 9 N–H and O–H groups in total. The third-order valence-corrected chi connectivity index (χ3v) is 17.7. The van der Waals surface area contributed by atoms with E-state index in [2.05, 4.69) is 0 Å². The Morgan fingerprint density at radius 1 is 0.590 bits per heavy atom. The number of carbonyl (C=O) groups is 4. The summed E-state index contributed by atoms with van der Waals surface area (Å²) in [7, 11) is -8.79. The highest BCUT2D eigenvalue weighted by Crippen LogP contribution is 2.49. The van der Waals surface area contributed by atoms with Crippen LogP contribution in [0.3, 0.4) is 0 Å². The van der Waals surface area contributed by atoms with E-state index >= 15 is 0 Å². The minimum Gasteiger partial charge on any atom is -0.394 e. The highest BCUT2D eigenvalue weighted by molar-refractivity contribution is 7.52. The third kappa shape index (κ3) is 23.4. The highest BCUT2D eigenvalue weighted by Gasteiger charge is 2.45. The molecule has 16 atom stereocenters. The van der Waals surface area contributed by atoms with Crippen LogP contribution in [-0.2, 0) is 60.8 Å². The standard InChI is InChI=1S/C52H94N2O22P2/c1-34(2)75-77(66,67)26-23-37-28-42(30-54(37)46(61)22-12-8-6-10-18-40(58)20-14-16-25-71-52-36(4)48(63)50(65)44(32-56)74-52)76-78(68,69)72-33-38-27-41(59)29-53(38)45(60)21-11-7-5-9-17-39(57)19-13-15-24-70-51-35(3)47(62)49(64)43(31-55)73-51/h34-38,41-44,47-52,55-56,59,62-65H,5-33H2,1-4H3,(H,66,67)(H,68,69)/t35?,36?,37-,38+,41-,42-,43?,44?,47?,48?,49?,50?,51?,52?/m1/s1. The minimum atomic E-state index is -4.77. The van der Waals surface area contributed by atoms with Gasteiger partial charge in [-0.2, -0.15) is 0 Å². The molecule has 4 fully saturated rings. The smallest absolute Gasteiger partial charge is 0.394 e. The van der Waals surface area contributed by atoms with Gasteiger partial charge in [0.15, 0.2) is 12.6 Å². The number of carbonyl (C=O) groups excluding carboxylic acids is 4. The van der Waals surface area contributed by atoms with E-state index in [0.717, 1.165) is 6.42 Å². The van der Waals surface area contributed by atoms with Crippen LogP contribution in [0.4, 0.5) is 0 Å². The molecule has 4 rings (SSSR count). The van der Waals surface area contributed by atoms with Crippen molar-refractivity contribution >= 4 is 38.8 Å². The molecule has 12 unspecified atom stereocenters. The van der Waals surface area contributed by atoms with Crippen molar-refractivity contribution in [3.05, 3.63) is 0 Å². The Labute approximate surface area is 459 Å². The minimum absolute atomic E-state index is 0.0302. The van der Waals surface area contributed by atoms with Gasteiger partial charge in [0.1, 0.15) is 36.0 Å². The lowest BCUT2D eigenvalue weighted by Gasteiger charge is -2.40. The molecule has 0 aromatic rings. The van der Waals surface area contributed by atoms with Crippen molar-refractivity contribution < 1.29 is 106 Å². The first-order valence-electron chi connectivity index (χ1n) is 28.4. The van der Waals surface area contributed by atoms with Crippen molar-refractivity contribution in [2.75, 3.05) is 52.3 Å². The van der Waals surface area contributed by atoms with Crippen LogP contribution in [0.1, 0.15) is 163 Å². The number of likely N-dealkylation sites (tertiary alicyclic amines) is 2. The summed E-state index contributed by atoms with van der Waals surface area (Å²) in [5, 5.41) is 69.7. The average molecular weight is 1160 g/mol. The summed E-state index contributed by atoms with van der Waals surface area (Å²) in [5.74, 6) is -1.28. The van der Waals surface area contributed by atoms with Gasteiger partial charge in [0.25, 0.3) is 0 Å². The highest BCUT2D eigenvalue weighted by atomic mass is 31.2. The molecule has 78 heavy (non-hydrogen) atoms. The number of aliphatic hydroxyl groups excluding tert-OH is 7. The number of nitrogens with zero attached hydrogens (tertiary/aromatic N) is 2. The van der Waals surface area contributed by atoms with Crippen molar-refractivity contribution in [2.24, 2.45) is 11.8 Å². The van der Waals surface area contributed by atoms with Gasteiger partial charge in [-0.1, -0.05) is 39.5 Å². The molecule has 4 heterocycles. The van der Waals surface area contributed by atoms with E-state index in [1.807, 2.05) is 0 Å². The molecule has 24 nitrogen and oxygen atoms in total. The number of rotatable bonds is 38. The van der Waals surface area contributed by atoms with Gasteiger partial charge in [-0.15, -0.1) is 0 Å². The summed E-state index contributed by atoms with van der Waals surface area (Å²) in [4.78, 5) is 76.2. The predicted octanol–water partition coefficient (Wildman–Crippen LogP) is 3.40. The molecular weight excluding hydrogens is 1070 g/mol. The largest absolute Gasteiger partial charge is 0.472 e. The molecule has 454 valence electrons. The summed E-state index contributed by atoms with van der Waals surface area (Å²) in [6.07, 6.45) is -0.995. The Morgan fingerprint density at radius 2 is 1.03 bits per heavy atom. The fourth-order valence-corrected chi connectivity index (χ4v) is 12.8. The first kappa shape index (κ1) is 68.6. The fourth-order valence-electron chi connectivity index (χ4n) is 10.5. The Kier molecular flexibility index (Phi) is 30.5. The number of phosphoric ester groups is 1. The van der Waals surface area contributed by atoms with E-state index in [-0.39, 0.29) is 81.3 Å². The molecule has 26 heteroatoms. The number of unbranched alkanes of at least 4 members (excludes halogenated alkanes) is 8. The second-order valence-corrected chi connectivity index (χ2v) is 25.4. The number of β-amino-alcohol motifs (C(OH)–C–C–N with tert-alkyl or cyclic N) is 1. The number of hydrogen-bond acceptors (Lipinski definition) is 20. The number of ketones is 2. The number of aliphatic hydroxyl groups is 7. The molecule has 0 saturated carbocycles. The Hall–Kier alpha value is -1.90. The lowest BCUT2D eigenvalue weighted by atomic mass is 9.92. The number of amides is 2. The fraction of sp³-hybridized carbons (Fsp3) is 0.923. The van der Waals surface area contributed by atoms with Crippen molar-refractivity contribution in [3.63, 3.8) is 0 Å². The van der Waals surface area contributed by atoms with E-state index < -0.39 is 127 Å². The molecule has 2 amide bonds. The SMILES string of the molecule is CC(C)OP(=O)(O)CC[C@@H]1C[C@@H](OP(=O)(O)OC[C@@H]2C[C@@H](O)CN2C(=O)CCCCCCC(=O)CCCCOC2OC(CO)C(O)C(O)C2C)CN1C(=O)CCCCCCC(=O)CCCCOC1OC(CO)C(O)C(O)C1C. The van der Waals surface area contributed by atoms with Crippen LogP contribution in [0.15, 0.2) is 0 Å². The Bertz CT molecular complexity index is 1900. The summed E-state index contributed by atoms with van der Waals surface area (Å²) >= 11 is 0. The van der Waals surface area contributed by atoms with Crippen LogP contribution in [0.5, 0.6) is 0 Å². The average Bonchev–Trinajstić information content (AvgIpc) is 3.98. The first-order chi connectivity index (χ1) is 36.9. The van der Waals surface area contributed by atoms with Gasteiger partial charge in [0.05, 0.1) is 62.5 Å². The normalized spacial score (nSPS) is 31.2. The van der Waals surface area contributed by atoms with Crippen LogP contribution in [0.2, 0.25) is 0 Å². The number of ether oxygens (including phenoxy) is 4. The van der Waals surface area contributed by atoms with Gasteiger partial charge in [0, 0.05) is 82.7 Å². The molecule has 0 bridgehead atoms. The van der Waals surface area contributed by atoms with Crippen LogP contribution in [0, 0.1) is 11.8 Å². The topological polar surface area (TPSA) is 356 Å². The van der Waals surface area contributed by atoms with Gasteiger partial charge in [-0.25, -0.2) is 4.57 Å². The monoisotopic (exact) mass is 1160 g/mol. The molecule has 4 aliphatic heterocycles. The van der Waals surface area contributed by atoms with Crippen molar-refractivity contribution in [1.29, 1.82) is 0 Å². The zero-order valence-corrected chi connectivity index (χ0v) is 48.1. The summed E-state index contributed by atoms with van der Waals surface area (Å²) in [5.41, 5.74) is 0. The predicted molar refractivity (Wildman–Crippen MR) is 281 cm³/mol. The molecule has 0 spiro atoms. The summed E-state index contributed by atoms with van der Waals surface area (Å²) < 4.78 is 64.9. The molecule has 0 aromatic heterocycles. The van der Waals surface area contributed by atoms with Gasteiger partial charge in [0.2, 0.25) is 11.8 Å². The lowest BCUT2D eigenvalue weighted by Crippen LogP contribution is -2.55. The van der Waals surface area contributed by atoms with Crippen molar-refractivity contribution in [1.82, 2.24) is 9.80 Å². The maximum Gasteiger partial charge on any atom is 0.472 e.